The maximum Gasteiger partial charge on any atom is 0.280 e. The second-order valence-electron chi connectivity index (χ2n) is 6.55. The largest absolute Gasteiger partial charge is 0.393 e. The van der Waals surface area contributed by atoms with Gasteiger partial charge in [-0.15, -0.1) is 0 Å². The Hall–Kier alpha value is -1.02. The molecule has 6 nitrogen and oxygen atoms in total. The molecule has 2 N–H and O–H groups in total. The summed E-state index contributed by atoms with van der Waals surface area (Å²) in [6.45, 7) is 1.16. The highest BCUT2D eigenvalue weighted by Crippen LogP contribution is 2.38. The summed E-state index contributed by atoms with van der Waals surface area (Å²) in [5.41, 5.74) is 0.725. The fourth-order valence-corrected chi connectivity index (χ4v) is 4.90. The lowest BCUT2D eigenvalue weighted by Crippen LogP contribution is -2.47. The fraction of sp³-hybridized carbons (Fsp3) is 0.688. The number of aliphatic hydroxyl groups excluding tert-OH is 1. The van der Waals surface area contributed by atoms with Crippen LogP contribution < -0.4 is 4.72 Å². The molecule has 1 atom stereocenters. The Bertz CT molecular complexity index is 594. The number of aromatic nitrogens is 1. The quantitative estimate of drug-likeness (QED) is 0.854. The molecule has 1 aliphatic carbocycles. The molecule has 0 bridgehead atoms. The van der Waals surface area contributed by atoms with Crippen LogP contribution in [0.3, 0.4) is 0 Å². The van der Waals surface area contributed by atoms with Gasteiger partial charge in [-0.3, -0.25) is 4.98 Å². The van der Waals surface area contributed by atoms with Crippen molar-refractivity contribution in [2.24, 2.45) is 5.92 Å². The Labute approximate surface area is 138 Å². The standard InChI is InChI=1S/C16H25N3O3S/c20-14-11-13(12-14)16(15-7-3-4-8-17-15)18-23(21,22)19-9-5-1-2-6-10-19/h3-4,7-8,13-14,16,18,20H,1-2,5-6,9-12H2/t13?,14?,16-/m1/s1. The average molecular weight is 339 g/mol. The van der Waals surface area contributed by atoms with Crippen LogP contribution >= 0.6 is 0 Å². The summed E-state index contributed by atoms with van der Waals surface area (Å²) < 4.78 is 30.0. The zero-order valence-electron chi connectivity index (χ0n) is 13.3. The third kappa shape index (κ3) is 4.09. The van der Waals surface area contributed by atoms with Crippen LogP contribution in [0.15, 0.2) is 24.4 Å². The van der Waals surface area contributed by atoms with Crippen LogP contribution in [-0.2, 0) is 10.2 Å². The topological polar surface area (TPSA) is 82.5 Å². The zero-order chi connectivity index (χ0) is 16.3. The van der Waals surface area contributed by atoms with Crippen molar-refractivity contribution in [2.45, 2.75) is 50.7 Å². The van der Waals surface area contributed by atoms with Crippen LogP contribution in [0, 0.1) is 5.92 Å². The molecule has 0 spiro atoms. The van der Waals surface area contributed by atoms with E-state index in [1.165, 1.54) is 0 Å². The lowest BCUT2D eigenvalue weighted by atomic mass is 9.76. The van der Waals surface area contributed by atoms with E-state index in [-0.39, 0.29) is 18.1 Å². The van der Waals surface area contributed by atoms with E-state index in [1.807, 2.05) is 18.2 Å². The third-order valence-electron chi connectivity index (χ3n) is 4.81. The molecule has 1 saturated heterocycles. The molecule has 23 heavy (non-hydrogen) atoms. The predicted molar refractivity (Wildman–Crippen MR) is 87.8 cm³/mol. The first kappa shape index (κ1) is 16.8. The molecule has 3 rings (SSSR count). The summed E-state index contributed by atoms with van der Waals surface area (Å²) in [6.07, 6.45) is 6.59. The highest BCUT2D eigenvalue weighted by molar-refractivity contribution is 7.87. The van der Waals surface area contributed by atoms with Gasteiger partial charge < -0.3 is 5.11 Å². The summed E-state index contributed by atoms with van der Waals surface area (Å²) in [7, 11) is -3.53. The Kier molecular flexibility index (Phi) is 5.31. The van der Waals surface area contributed by atoms with Crippen LogP contribution in [0.2, 0.25) is 0 Å². The van der Waals surface area contributed by atoms with E-state index in [0.717, 1.165) is 31.4 Å². The highest BCUT2D eigenvalue weighted by Gasteiger charge is 2.38. The first-order valence-corrected chi connectivity index (χ1v) is 9.86. The Morgan fingerprint density at radius 2 is 1.87 bits per heavy atom. The van der Waals surface area contributed by atoms with Crippen molar-refractivity contribution < 1.29 is 13.5 Å². The van der Waals surface area contributed by atoms with Gasteiger partial charge >= 0.3 is 0 Å². The van der Waals surface area contributed by atoms with Gasteiger partial charge in [-0.05, 0) is 43.7 Å². The first-order chi connectivity index (χ1) is 11.1. The van der Waals surface area contributed by atoms with Gasteiger partial charge in [0.1, 0.15) is 0 Å². The van der Waals surface area contributed by atoms with Crippen molar-refractivity contribution in [1.82, 2.24) is 14.0 Å². The number of nitrogens with one attached hydrogen (secondary N) is 1. The van der Waals surface area contributed by atoms with Crippen molar-refractivity contribution >= 4 is 10.2 Å². The Balaban J connectivity index is 1.77. The summed E-state index contributed by atoms with van der Waals surface area (Å²) >= 11 is 0. The molecule has 0 aromatic carbocycles. The van der Waals surface area contributed by atoms with Crippen molar-refractivity contribution in [3.63, 3.8) is 0 Å². The van der Waals surface area contributed by atoms with Gasteiger partial charge in [0.05, 0.1) is 17.8 Å². The summed E-state index contributed by atoms with van der Waals surface area (Å²) in [6, 6.07) is 5.16. The molecule has 1 aromatic rings. The molecule has 0 unspecified atom stereocenters. The van der Waals surface area contributed by atoms with E-state index in [2.05, 4.69) is 9.71 Å². The van der Waals surface area contributed by atoms with Crippen LogP contribution in [0.25, 0.3) is 0 Å². The van der Waals surface area contributed by atoms with Gasteiger partial charge in [0.2, 0.25) is 0 Å². The molecule has 1 aliphatic heterocycles. The van der Waals surface area contributed by atoms with Crippen LogP contribution in [0.4, 0.5) is 0 Å². The van der Waals surface area contributed by atoms with Gasteiger partial charge in [0.15, 0.2) is 0 Å². The van der Waals surface area contributed by atoms with E-state index in [4.69, 9.17) is 0 Å². The number of hydrogen-bond donors (Lipinski definition) is 2. The second kappa shape index (κ2) is 7.25. The van der Waals surface area contributed by atoms with E-state index >= 15 is 0 Å². The minimum absolute atomic E-state index is 0.0988. The van der Waals surface area contributed by atoms with Crippen molar-refractivity contribution in [1.29, 1.82) is 0 Å². The van der Waals surface area contributed by atoms with Crippen molar-refractivity contribution in [3.05, 3.63) is 30.1 Å². The van der Waals surface area contributed by atoms with Gasteiger partial charge in [-0.25, -0.2) is 0 Å². The van der Waals surface area contributed by atoms with Crippen LogP contribution in [0.1, 0.15) is 50.3 Å². The molecule has 128 valence electrons. The SMILES string of the molecule is O=S(=O)(N[C@@H](c1ccccn1)C1CC(O)C1)N1CCCCCC1. The molecule has 0 amide bonds. The zero-order valence-corrected chi connectivity index (χ0v) is 14.1. The first-order valence-electron chi connectivity index (χ1n) is 8.42. The molecule has 0 radical (unpaired) electrons. The van der Waals surface area contributed by atoms with Gasteiger partial charge in [0, 0.05) is 19.3 Å². The lowest BCUT2D eigenvalue weighted by molar-refractivity contribution is 0.0270. The number of rotatable bonds is 5. The summed E-state index contributed by atoms with van der Waals surface area (Å²) in [5, 5.41) is 9.59. The molecule has 2 heterocycles. The second-order valence-corrected chi connectivity index (χ2v) is 8.26. The number of nitrogens with zero attached hydrogens (tertiary/aromatic N) is 2. The molecule has 2 aliphatic rings. The van der Waals surface area contributed by atoms with E-state index in [0.29, 0.717) is 25.9 Å². The molecular formula is C16H25N3O3S. The molecule has 2 fully saturated rings. The maximum atomic E-state index is 12.8. The molecule has 7 heteroatoms. The van der Waals surface area contributed by atoms with E-state index in [1.54, 1.807) is 10.5 Å². The minimum atomic E-state index is -3.53. The summed E-state index contributed by atoms with van der Waals surface area (Å²) in [5.74, 6) is 0.0988. The van der Waals surface area contributed by atoms with Gasteiger partial charge in [-0.1, -0.05) is 18.9 Å². The highest BCUT2D eigenvalue weighted by atomic mass is 32.2. The third-order valence-corrected chi connectivity index (χ3v) is 6.41. The Morgan fingerprint density at radius 3 is 2.43 bits per heavy atom. The van der Waals surface area contributed by atoms with Gasteiger partial charge in [0.25, 0.3) is 10.2 Å². The van der Waals surface area contributed by atoms with E-state index < -0.39 is 10.2 Å². The summed E-state index contributed by atoms with van der Waals surface area (Å²) in [4.78, 5) is 4.33. The molecular weight excluding hydrogens is 314 g/mol. The lowest BCUT2D eigenvalue weighted by Gasteiger charge is -2.38. The molecule has 1 aromatic heterocycles. The fourth-order valence-electron chi connectivity index (χ4n) is 3.38. The van der Waals surface area contributed by atoms with Crippen molar-refractivity contribution in [3.8, 4) is 0 Å². The molecule has 1 saturated carbocycles. The van der Waals surface area contributed by atoms with E-state index in [9.17, 15) is 13.5 Å². The normalized spacial score (nSPS) is 27.9. The maximum absolute atomic E-state index is 12.8. The monoisotopic (exact) mass is 339 g/mol. The van der Waals surface area contributed by atoms with Gasteiger partial charge in [-0.2, -0.15) is 17.4 Å². The predicted octanol–water partition coefficient (Wildman–Crippen LogP) is 1.60. The Morgan fingerprint density at radius 1 is 1.17 bits per heavy atom. The van der Waals surface area contributed by atoms with Crippen LogP contribution in [-0.4, -0.2) is 42.0 Å². The average Bonchev–Trinajstić information content (AvgIpc) is 2.81. The van der Waals surface area contributed by atoms with Crippen LogP contribution in [0.5, 0.6) is 0 Å². The number of hydrogen-bond acceptors (Lipinski definition) is 4. The number of aliphatic hydroxyl groups is 1. The number of pyridine rings is 1. The smallest absolute Gasteiger partial charge is 0.280 e. The minimum Gasteiger partial charge on any atom is -0.393 e. The van der Waals surface area contributed by atoms with Crippen molar-refractivity contribution in [2.75, 3.05) is 13.1 Å².